The minimum Gasteiger partial charge on any atom is -0.458 e. The van der Waals surface area contributed by atoms with Gasteiger partial charge in [-0.05, 0) is 54.4 Å². The van der Waals surface area contributed by atoms with Gasteiger partial charge in [-0.2, -0.15) is 5.26 Å². The molecule has 182 valence electrons. The first-order valence-electron chi connectivity index (χ1n) is 10.8. The van der Waals surface area contributed by atoms with E-state index in [-0.39, 0.29) is 18.1 Å². The summed E-state index contributed by atoms with van der Waals surface area (Å²) in [5.41, 5.74) is 3.29. The molecule has 0 radical (unpaired) electrons. The lowest BCUT2D eigenvalue weighted by Gasteiger charge is -2.13. The predicted molar refractivity (Wildman–Crippen MR) is 123 cm³/mol. The van der Waals surface area contributed by atoms with Crippen molar-refractivity contribution in [2.75, 3.05) is 0 Å². The Morgan fingerprint density at radius 1 is 1.03 bits per heavy atom. The van der Waals surface area contributed by atoms with Crippen LogP contribution in [0.4, 0.5) is 13.2 Å². The molecule has 1 unspecified atom stereocenters. The van der Waals surface area contributed by atoms with Gasteiger partial charge in [0.1, 0.15) is 18.2 Å². The molecule has 0 aliphatic carbocycles. The van der Waals surface area contributed by atoms with Crippen LogP contribution in [0.1, 0.15) is 29.7 Å². The van der Waals surface area contributed by atoms with Crippen LogP contribution in [0.5, 0.6) is 5.75 Å². The number of aromatic nitrogens is 3. The fourth-order valence-corrected chi connectivity index (χ4v) is 3.39. The second-order valence-corrected chi connectivity index (χ2v) is 7.79. The van der Waals surface area contributed by atoms with Crippen molar-refractivity contribution in [3.63, 3.8) is 0 Å². The van der Waals surface area contributed by atoms with E-state index in [0.717, 1.165) is 11.1 Å². The molecule has 0 amide bonds. The van der Waals surface area contributed by atoms with Crippen LogP contribution in [0, 0.1) is 11.3 Å². The fourth-order valence-electron chi connectivity index (χ4n) is 3.39. The molecule has 0 aliphatic heterocycles. The first-order valence-corrected chi connectivity index (χ1v) is 10.8. The number of nitriles is 1. The summed E-state index contributed by atoms with van der Waals surface area (Å²) < 4.78 is 47.8. The van der Waals surface area contributed by atoms with Gasteiger partial charge in [-0.15, -0.1) is 18.3 Å². The number of halogens is 3. The minimum absolute atomic E-state index is 0.0785. The van der Waals surface area contributed by atoms with Crippen molar-refractivity contribution in [3.05, 3.63) is 95.8 Å². The molecule has 4 rings (SSSR count). The highest BCUT2D eigenvalue weighted by Gasteiger charge is 2.31. The van der Waals surface area contributed by atoms with Crippen LogP contribution in [0.3, 0.4) is 0 Å². The highest BCUT2D eigenvalue weighted by atomic mass is 19.4. The summed E-state index contributed by atoms with van der Waals surface area (Å²) in [6, 6.07) is 21.2. The van der Waals surface area contributed by atoms with Gasteiger partial charge in [-0.25, -0.2) is 9.67 Å². The molecule has 36 heavy (non-hydrogen) atoms. The Morgan fingerprint density at radius 2 is 1.69 bits per heavy atom. The Hall–Kier alpha value is -4.65. The maximum Gasteiger partial charge on any atom is 0.573 e. The van der Waals surface area contributed by atoms with Crippen molar-refractivity contribution >= 4 is 5.97 Å². The summed E-state index contributed by atoms with van der Waals surface area (Å²) in [4.78, 5) is 16.6. The van der Waals surface area contributed by atoms with E-state index < -0.39 is 12.5 Å². The van der Waals surface area contributed by atoms with Gasteiger partial charge in [0.05, 0.1) is 23.7 Å². The predicted octanol–water partition coefficient (Wildman–Crippen LogP) is 5.55. The first kappa shape index (κ1) is 24.5. The normalized spacial score (nSPS) is 12.0. The van der Waals surface area contributed by atoms with Gasteiger partial charge in [0.25, 0.3) is 0 Å². The Bertz CT molecular complexity index is 1370. The lowest BCUT2D eigenvalue weighted by molar-refractivity contribution is -0.274. The molecule has 0 saturated carbocycles. The summed E-state index contributed by atoms with van der Waals surface area (Å²) in [5.74, 6) is -0.304. The summed E-state index contributed by atoms with van der Waals surface area (Å²) in [6.45, 7) is 1.77. The van der Waals surface area contributed by atoms with Gasteiger partial charge < -0.3 is 9.47 Å². The molecule has 4 aromatic rings. The van der Waals surface area contributed by atoms with Gasteiger partial charge in [0.15, 0.2) is 5.82 Å². The highest BCUT2D eigenvalue weighted by Crippen LogP contribution is 2.24. The van der Waals surface area contributed by atoms with Crippen molar-refractivity contribution in [2.24, 2.45) is 0 Å². The maximum absolute atomic E-state index is 12.4. The summed E-state index contributed by atoms with van der Waals surface area (Å²) in [6.07, 6.45) is -3.68. The lowest BCUT2D eigenvalue weighted by atomic mass is 10.1. The van der Waals surface area contributed by atoms with Crippen molar-refractivity contribution in [3.8, 4) is 28.9 Å². The number of carbonyl (C=O) groups excluding carboxylic acids is 1. The van der Waals surface area contributed by atoms with E-state index >= 15 is 0 Å². The van der Waals surface area contributed by atoms with E-state index in [2.05, 4.69) is 14.8 Å². The molecule has 0 bridgehead atoms. The number of benzene rings is 3. The average molecular weight is 492 g/mol. The second-order valence-electron chi connectivity index (χ2n) is 7.79. The van der Waals surface area contributed by atoms with Gasteiger partial charge in [-0.3, -0.25) is 4.79 Å². The van der Waals surface area contributed by atoms with E-state index in [1.807, 2.05) is 6.07 Å². The number of nitrogens with zero attached hydrogens (tertiary/aromatic N) is 4. The largest absolute Gasteiger partial charge is 0.573 e. The zero-order chi connectivity index (χ0) is 25.7. The van der Waals surface area contributed by atoms with Crippen LogP contribution >= 0.6 is 0 Å². The van der Waals surface area contributed by atoms with Gasteiger partial charge >= 0.3 is 12.3 Å². The van der Waals surface area contributed by atoms with E-state index in [0.29, 0.717) is 22.6 Å². The van der Waals surface area contributed by atoms with E-state index in [9.17, 15) is 18.0 Å². The van der Waals surface area contributed by atoms with Crippen LogP contribution in [-0.4, -0.2) is 27.1 Å². The van der Waals surface area contributed by atoms with Crippen molar-refractivity contribution in [1.82, 2.24) is 14.8 Å². The highest BCUT2D eigenvalue weighted by molar-refractivity contribution is 5.73. The van der Waals surface area contributed by atoms with E-state index in [1.165, 1.54) is 35.3 Å². The molecule has 10 heteroatoms. The lowest BCUT2D eigenvalue weighted by Crippen LogP contribution is -2.17. The fraction of sp³-hybridized carbons (Fsp3) is 0.154. The van der Waals surface area contributed by atoms with Crippen molar-refractivity contribution in [2.45, 2.75) is 25.8 Å². The monoisotopic (exact) mass is 492 g/mol. The van der Waals surface area contributed by atoms with Crippen molar-refractivity contribution < 1.29 is 27.4 Å². The molecule has 0 fully saturated rings. The number of rotatable bonds is 7. The van der Waals surface area contributed by atoms with Gasteiger partial charge in [-0.1, -0.05) is 36.4 Å². The summed E-state index contributed by atoms with van der Waals surface area (Å²) in [7, 11) is 0. The smallest absolute Gasteiger partial charge is 0.458 e. The minimum atomic E-state index is -4.76. The van der Waals surface area contributed by atoms with Crippen LogP contribution in [0.25, 0.3) is 17.1 Å². The Morgan fingerprint density at radius 3 is 2.31 bits per heavy atom. The third-order valence-corrected chi connectivity index (χ3v) is 5.20. The molecule has 0 saturated heterocycles. The van der Waals surface area contributed by atoms with Crippen LogP contribution in [0.15, 0.2) is 79.1 Å². The number of carbonyl (C=O) groups is 1. The Kier molecular flexibility index (Phi) is 7.01. The third-order valence-electron chi connectivity index (χ3n) is 5.20. The SMILES string of the molecule is CC(OC(=O)Cc1ccc(-c2ncn(-c3ccc(OC(F)(F)F)cc3)n2)cc1)c1ccc(C#N)cc1. The molecule has 3 aromatic carbocycles. The average Bonchev–Trinajstić information content (AvgIpc) is 3.34. The number of hydrogen-bond acceptors (Lipinski definition) is 6. The molecule has 0 aliphatic rings. The number of ether oxygens (including phenoxy) is 2. The zero-order valence-electron chi connectivity index (χ0n) is 18.9. The topological polar surface area (TPSA) is 90.0 Å². The number of alkyl halides is 3. The van der Waals surface area contributed by atoms with Gasteiger partial charge in [0.2, 0.25) is 0 Å². The molecular weight excluding hydrogens is 473 g/mol. The second kappa shape index (κ2) is 10.3. The standard InChI is InChI=1S/C26H19F3N4O3/c1-17(20-6-4-19(15-30)5-7-20)35-24(34)14-18-2-8-21(9-3-18)25-31-16-33(32-25)22-10-12-23(13-11-22)36-26(27,28)29/h2-13,16-17H,14H2,1H3. The Balaban J connectivity index is 1.36. The first-order chi connectivity index (χ1) is 17.2. The number of esters is 1. The number of hydrogen-bond donors (Lipinski definition) is 0. The van der Waals surface area contributed by atoms with Crippen LogP contribution in [-0.2, 0) is 16.0 Å². The van der Waals surface area contributed by atoms with E-state index in [4.69, 9.17) is 10.00 Å². The van der Waals surface area contributed by atoms with Crippen LogP contribution in [0.2, 0.25) is 0 Å². The molecule has 1 aromatic heterocycles. The molecular formula is C26H19F3N4O3. The molecule has 0 N–H and O–H groups in total. The van der Waals surface area contributed by atoms with Gasteiger partial charge in [0, 0.05) is 5.56 Å². The quantitative estimate of drug-likeness (QED) is 0.314. The molecule has 1 heterocycles. The van der Waals surface area contributed by atoms with E-state index in [1.54, 1.807) is 55.5 Å². The summed E-state index contributed by atoms with van der Waals surface area (Å²) in [5, 5.41) is 13.2. The zero-order valence-corrected chi connectivity index (χ0v) is 18.9. The molecule has 1 atom stereocenters. The molecule has 7 nitrogen and oxygen atoms in total. The molecule has 0 spiro atoms. The third kappa shape index (κ3) is 6.27. The Labute approximate surface area is 204 Å². The van der Waals surface area contributed by atoms with Crippen molar-refractivity contribution in [1.29, 1.82) is 5.26 Å². The maximum atomic E-state index is 12.4. The van der Waals surface area contributed by atoms with Crippen LogP contribution < -0.4 is 4.74 Å². The summed E-state index contributed by atoms with van der Waals surface area (Å²) >= 11 is 0.